The van der Waals surface area contributed by atoms with Crippen molar-refractivity contribution >= 4 is 12.0 Å². The largest absolute Gasteiger partial charge is 0.504 e. The molecule has 0 heterocycles. The van der Waals surface area contributed by atoms with Crippen LogP contribution in [0.3, 0.4) is 0 Å². The summed E-state index contributed by atoms with van der Waals surface area (Å²) in [6, 6.07) is 0. The molecule has 0 rings (SSSR count). The maximum atomic E-state index is 11.3. The number of carbonyl (C=O) groups is 2. The summed E-state index contributed by atoms with van der Waals surface area (Å²) in [7, 11) is 1.40. The van der Waals surface area contributed by atoms with Crippen LogP contribution in [0.4, 0.5) is 4.79 Å². The van der Waals surface area contributed by atoms with Gasteiger partial charge in [-0.2, -0.15) is 0 Å². The first-order chi connectivity index (χ1) is 6.04. The Morgan fingerprint density at radius 2 is 2.08 bits per heavy atom. The molecule has 13 heavy (non-hydrogen) atoms. The predicted octanol–water partition coefficient (Wildman–Crippen LogP) is 1.06. The third kappa shape index (κ3) is 3.14. The molecule has 0 radical (unpaired) electrons. The predicted molar refractivity (Wildman–Crippen MR) is 46.2 cm³/mol. The van der Waals surface area contributed by atoms with Gasteiger partial charge in [0.1, 0.15) is 0 Å². The fraction of sp³-hybridized carbons (Fsp3) is 0.500. The van der Waals surface area contributed by atoms with Crippen LogP contribution in [0.2, 0.25) is 0 Å². The highest BCUT2D eigenvalue weighted by molar-refractivity contribution is 6.01. The molecule has 0 atom stereocenters. The zero-order valence-corrected chi connectivity index (χ0v) is 7.90. The molecular weight excluding hydrogens is 174 g/mol. The van der Waals surface area contributed by atoms with Gasteiger partial charge >= 0.3 is 6.09 Å². The normalized spacial score (nSPS) is 10.8. The molecule has 5 heteroatoms. The second-order valence-corrected chi connectivity index (χ2v) is 2.37. The number of ether oxygens (including phenoxy) is 1. The van der Waals surface area contributed by atoms with Crippen molar-refractivity contribution in [2.24, 2.45) is 0 Å². The number of carbonyl (C=O) groups excluding carboxylic acids is 1. The molecular formula is C8H13NO4. The zero-order chi connectivity index (χ0) is 10.4. The van der Waals surface area contributed by atoms with E-state index in [0.717, 1.165) is 0 Å². The molecule has 0 aliphatic rings. The van der Waals surface area contributed by atoms with Crippen molar-refractivity contribution in [3.63, 3.8) is 0 Å². The molecule has 0 aliphatic carbocycles. The number of rotatable bonds is 3. The second kappa shape index (κ2) is 5.18. The standard InChI is InChI=1S/C8H13NO4/c1-4-9(8(11)12)7(10)6(2)5-13-3/h5H,4H2,1-3H3,(H,11,12). The van der Waals surface area contributed by atoms with Gasteiger partial charge in [-0.3, -0.25) is 4.79 Å². The van der Waals surface area contributed by atoms with Gasteiger partial charge < -0.3 is 9.84 Å². The van der Waals surface area contributed by atoms with E-state index in [-0.39, 0.29) is 12.1 Å². The number of hydrogen-bond acceptors (Lipinski definition) is 3. The number of hydrogen-bond donors (Lipinski definition) is 1. The molecule has 5 nitrogen and oxygen atoms in total. The summed E-state index contributed by atoms with van der Waals surface area (Å²) in [6.07, 6.45) is -0.0372. The summed E-state index contributed by atoms with van der Waals surface area (Å²) in [5, 5.41) is 8.60. The number of imide groups is 1. The molecule has 0 unspecified atom stereocenters. The van der Waals surface area contributed by atoms with E-state index in [1.807, 2.05) is 0 Å². The highest BCUT2D eigenvalue weighted by atomic mass is 16.5. The van der Waals surface area contributed by atoms with Crippen LogP contribution >= 0.6 is 0 Å². The van der Waals surface area contributed by atoms with Crippen LogP contribution in [0.5, 0.6) is 0 Å². The van der Waals surface area contributed by atoms with Crippen molar-refractivity contribution in [3.8, 4) is 0 Å². The minimum atomic E-state index is -1.25. The van der Waals surface area contributed by atoms with Crippen molar-refractivity contribution in [2.75, 3.05) is 13.7 Å². The Hall–Kier alpha value is -1.52. The average Bonchev–Trinajstić information content (AvgIpc) is 2.05. The second-order valence-electron chi connectivity index (χ2n) is 2.37. The fourth-order valence-electron chi connectivity index (χ4n) is 0.806. The molecule has 0 aromatic carbocycles. The topological polar surface area (TPSA) is 66.8 Å². The van der Waals surface area contributed by atoms with Gasteiger partial charge in [0.05, 0.1) is 13.4 Å². The number of nitrogens with zero attached hydrogens (tertiary/aromatic N) is 1. The third-order valence-electron chi connectivity index (χ3n) is 1.42. The monoisotopic (exact) mass is 187 g/mol. The van der Waals surface area contributed by atoms with Crippen LogP contribution in [-0.2, 0) is 9.53 Å². The summed E-state index contributed by atoms with van der Waals surface area (Å²) in [5.41, 5.74) is 0.256. The first-order valence-corrected chi connectivity index (χ1v) is 3.79. The van der Waals surface area contributed by atoms with E-state index >= 15 is 0 Å². The van der Waals surface area contributed by atoms with Crippen molar-refractivity contribution in [2.45, 2.75) is 13.8 Å². The smallest absolute Gasteiger partial charge is 0.414 e. The van der Waals surface area contributed by atoms with Crippen LogP contribution in [0.15, 0.2) is 11.8 Å². The van der Waals surface area contributed by atoms with Gasteiger partial charge in [-0.05, 0) is 13.8 Å². The Balaban J connectivity index is 4.56. The first-order valence-electron chi connectivity index (χ1n) is 3.79. The van der Waals surface area contributed by atoms with Crippen LogP contribution < -0.4 is 0 Å². The summed E-state index contributed by atoms with van der Waals surface area (Å²) < 4.78 is 4.60. The Labute approximate surface area is 76.6 Å². The van der Waals surface area contributed by atoms with Gasteiger partial charge in [0.25, 0.3) is 5.91 Å². The van der Waals surface area contributed by atoms with E-state index in [1.165, 1.54) is 20.3 Å². The Morgan fingerprint density at radius 3 is 2.38 bits per heavy atom. The fourth-order valence-corrected chi connectivity index (χ4v) is 0.806. The number of methoxy groups -OCH3 is 1. The lowest BCUT2D eigenvalue weighted by molar-refractivity contribution is -0.125. The Kier molecular flexibility index (Phi) is 4.58. The van der Waals surface area contributed by atoms with Gasteiger partial charge in [0.15, 0.2) is 0 Å². The van der Waals surface area contributed by atoms with Gasteiger partial charge in [0.2, 0.25) is 0 Å². The summed E-state index contributed by atoms with van der Waals surface area (Å²) in [4.78, 5) is 22.5. The van der Waals surface area contributed by atoms with Crippen LogP contribution in [0.1, 0.15) is 13.8 Å². The van der Waals surface area contributed by atoms with E-state index in [0.29, 0.717) is 4.90 Å². The maximum absolute atomic E-state index is 11.3. The molecule has 0 aliphatic heterocycles. The molecule has 74 valence electrons. The molecule has 2 amide bonds. The van der Waals surface area contributed by atoms with Crippen molar-refractivity contribution in [1.82, 2.24) is 4.90 Å². The van der Waals surface area contributed by atoms with E-state index in [1.54, 1.807) is 6.92 Å². The summed E-state index contributed by atoms with van der Waals surface area (Å²) in [6.45, 7) is 3.21. The average molecular weight is 187 g/mol. The summed E-state index contributed by atoms with van der Waals surface area (Å²) >= 11 is 0. The van der Waals surface area contributed by atoms with Gasteiger partial charge in [0, 0.05) is 12.1 Å². The molecule has 0 saturated carbocycles. The zero-order valence-electron chi connectivity index (χ0n) is 7.90. The van der Waals surface area contributed by atoms with Gasteiger partial charge in [-0.15, -0.1) is 0 Å². The van der Waals surface area contributed by atoms with Crippen molar-refractivity contribution in [3.05, 3.63) is 11.8 Å². The van der Waals surface area contributed by atoms with Crippen molar-refractivity contribution < 1.29 is 19.4 Å². The number of likely N-dealkylation sites (N-methyl/N-ethyl adjacent to an activating group) is 1. The van der Waals surface area contributed by atoms with E-state index in [2.05, 4.69) is 4.74 Å². The molecule has 0 aromatic rings. The molecule has 0 aromatic heterocycles. The SMILES string of the molecule is CCN(C(=O)O)C(=O)C(C)=COC. The molecule has 0 spiro atoms. The minimum Gasteiger partial charge on any atom is -0.504 e. The van der Waals surface area contributed by atoms with Gasteiger partial charge in [-0.1, -0.05) is 0 Å². The minimum absolute atomic E-state index is 0.128. The van der Waals surface area contributed by atoms with Crippen LogP contribution in [0.25, 0.3) is 0 Å². The lowest BCUT2D eigenvalue weighted by atomic mass is 10.3. The quantitative estimate of drug-likeness (QED) is 0.530. The van der Waals surface area contributed by atoms with E-state index < -0.39 is 12.0 Å². The Morgan fingerprint density at radius 1 is 1.54 bits per heavy atom. The van der Waals surface area contributed by atoms with Crippen molar-refractivity contribution in [1.29, 1.82) is 0 Å². The molecule has 0 fully saturated rings. The third-order valence-corrected chi connectivity index (χ3v) is 1.42. The number of amides is 2. The first kappa shape index (κ1) is 11.5. The highest BCUT2D eigenvalue weighted by Gasteiger charge is 2.19. The Bertz CT molecular complexity index is 234. The number of carboxylic acid groups (broad SMARTS) is 1. The summed E-state index contributed by atoms with van der Waals surface area (Å²) in [5.74, 6) is -0.558. The van der Waals surface area contributed by atoms with Crippen LogP contribution in [-0.4, -0.2) is 35.7 Å². The van der Waals surface area contributed by atoms with Crippen LogP contribution in [0, 0.1) is 0 Å². The lowest BCUT2D eigenvalue weighted by Crippen LogP contribution is -2.36. The molecule has 0 saturated heterocycles. The maximum Gasteiger partial charge on any atom is 0.414 e. The highest BCUT2D eigenvalue weighted by Crippen LogP contribution is 2.01. The lowest BCUT2D eigenvalue weighted by Gasteiger charge is -2.14. The molecule has 1 N–H and O–H groups in total. The van der Waals surface area contributed by atoms with E-state index in [4.69, 9.17) is 5.11 Å². The van der Waals surface area contributed by atoms with Gasteiger partial charge in [-0.25, -0.2) is 9.69 Å². The van der Waals surface area contributed by atoms with E-state index in [9.17, 15) is 9.59 Å². The molecule has 0 bridgehead atoms.